The van der Waals surface area contributed by atoms with Gasteiger partial charge in [-0.1, -0.05) is 0 Å². The van der Waals surface area contributed by atoms with Gasteiger partial charge in [-0.05, 0) is 50.4 Å². The molecule has 3 saturated carbocycles. The zero-order valence-corrected chi connectivity index (χ0v) is 9.89. The highest BCUT2D eigenvalue weighted by Crippen LogP contribution is 2.49. The fraction of sp³-hybridized carbons (Fsp3) is 0.846. The molecule has 0 aromatic heterocycles. The standard InChI is InChI=1S/C13H19NO3/c15-12(11(7-1-2-7)8-3-4-8)14-10-5-9(6-10)13(16)17/h7-11H,1-6H2,(H,14,15)(H,16,17). The summed E-state index contributed by atoms with van der Waals surface area (Å²) >= 11 is 0. The Bertz CT molecular complexity index is 329. The summed E-state index contributed by atoms with van der Waals surface area (Å²) in [4.78, 5) is 22.8. The number of hydrogen-bond donors (Lipinski definition) is 2. The van der Waals surface area contributed by atoms with Crippen LogP contribution in [0.25, 0.3) is 0 Å². The van der Waals surface area contributed by atoms with E-state index < -0.39 is 5.97 Å². The lowest BCUT2D eigenvalue weighted by molar-refractivity contribution is -0.146. The minimum absolute atomic E-state index is 0.114. The van der Waals surface area contributed by atoms with Gasteiger partial charge in [-0.2, -0.15) is 0 Å². The van der Waals surface area contributed by atoms with Crippen molar-refractivity contribution in [1.29, 1.82) is 0 Å². The number of carbonyl (C=O) groups excluding carboxylic acids is 1. The SMILES string of the molecule is O=C(O)C1CC(NC(=O)C(C2CC2)C2CC2)C1. The summed E-state index contributed by atoms with van der Waals surface area (Å²) in [6, 6.07) is 0.114. The fourth-order valence-electron chi connectivity index (χ4n) is 2.96. The maximum atomic E-state index is 12.1. The zero-order chi connectivity index (χ0) is 12.0. The maximum absolute atomic E-state index is 12.1. The fourth-order valence-corrected chi connectivity index (χ4v) is 2.96. The van der Waals surface area contributed by atoms with E-state index in [1.54, 1.807) is 0 Å². The van der Waals surface area contributed by atoms with Gasteiger partial charge in [0.15, 0.2) is 0 Å². The minimum Gasteiger partial charge on any atom is -0.481 e. The summed E-state index contributed by atoms with van der Waals surface area (Å²) in [6.45, 7) is 0. The van der Waals surface area contributed by atoms with Gasteiger partial charge >= 0.3 is 5.97 Å². The first-order valence-corrected chi connectivity index (χ1v) is 6.68. The smallest absolute Gasteiger partial charge is 0.306 e. The van der Waals surface area contributed by atoms with Crippen LogP contribution < -0.4 is 5.32 Å². The molecule has 0 aromatic rings. The van der Waals surface area contributed by atoms with E-state index in [0.29, 0.717) is 24.7 Å². The van der Waals surface area contributed by atoms with Crippen molar-refractivity contribution in [1.82, 2.24) is 5.32 Å². The molecule has 4 nitrogen and oxygen atoms in total. The average Bonchev–Trinajstić information content (AvgIpc) is 3.03. The van der Waals surface area contributed by atoms with Gasteiger partial charge in [0, 0.05) is 12.0 Å². The third kappa shape index (κ3) is 2.31. The van der Waals surface area contributed by atoms with Crippen molar-refractivity contribution in [2.45, 2.75) is 44.6 Å². The topological polar surface area (TPSA) is 66.4 Å². The van der Waals surface area contributed by atoms with E-state index in [1.807, 2.05) is 0 Å². The van der Waals surface area contributed by atoms with Crippen LogP contribution in [-0.4, -0.2) is 23.0 Å². The molecule has 3 aliphatic carbocycles. The molecule has 0 bridgehead atoms. The van der Waals surface area contributed by atoms with Crippen LogP contribution in [-0.2, 0) is 9.59 Å². The predicted molar refractivity (Wildman–Crippen MR) is 61.2 cm³/mol. The van der Waals surface area contributed by atoms with Crippen molar-refractivity contribution in [2.24, 2.45) is 23.7 Å². The number of hydrogen-bond acceptors (Lipinski definition) is 2. The van der Waals surface area contributed by atoms with E-state index in [1.165, 1.54) is 25.7 Å². The molecule has 0 heterocycles. The molecule has 0 aliphatic heterocycles. The first-order valence-electron chi connectivity index (χ1n) is 6.68. The van der Waals surface area contributed by atoms with Crippen LogP contribution in [0.4, 0.5) is 0 Å². The van der Waals surface area contributed by atoms with Gasteiger partial charge in [-0.3, -0.25) is 9.59 Å². The van der Waals surface area contributed by atoms with Crippen molar-refractivity contribution in [3.63, 3.8) is 0 Å². The number of aliphatic carboxylic acids is 1. The predicted octanol–water partition coefficient (Wildman–Crippen LogP) is 1.40. The lowest BCUT2D eigenvalue weighted by atomic mass is 9.80. The molecule has 0 saturated heterocycles. The number of nitrogens with one attached hydrogen (secondary N) is 1. The van der Waals surface area contributed by atoms with Crippen molar-refractivity contribution >= 4 is 11.9 Å². The third-order valence-corrected chi connectivity index (χ3v) is 4.40. The second kappa shape index (κ2) is 4.00. The number of amides is 1. The van der Waals surface area contributed by atoms with Crippen molar-refractivity contribution in [2.75, 3.05) is 0 Å². The Kier molecular flexibility index (Phi) is 2.60. The van der Waals surface area contributed by atoms with Gasteiger partial charge in [0.2, 0.25) is 5.91 Å². The summed E-state index contributed by atoms with van der Waals surface area (Å²) < 4.78 is 0. The summed E-state index contributed by atoms with van der Waals surface area (Å²) in [6.07, 6.45) is 6.05. The Hall–Kier alpha value is -1.06. The van der Waals surface area contributed by atoms with Gasteiger partial charge in [0.25, 0.3) is 0 Å². The average molecular weight is 237 g/mol. The van der Waals surface area contributed by atoms with Crippen LogP contribution in [0.3, 0.4) is 0 Å². The van der Waals surface area contributed by atoms with Crippen LogP contribution in [0.2, 0.25) is 0 Å². The number of carboxylic acids is 1. The molecule has 17 heavy (non-hydrogen) atoms. The van der Waals surface area contributed by atoms with Crippen molar-refractivity contribution < 1.29 is 14.7 Å². The molecule has 1 amide bonds. The van der Waals surface area contributed by atoms with E-state index in [9.17, 15) is 9.59 Å². The monoisotopic (exact) mass is 237 g/mol. The lowest BCUT2D eigenvalue weighted by Gasteiger charge is -2.34. The Morgan fingerprint density at radius 1 is 1.06 bits per heavy atom. The first-order chi connectivity index (χ1) is 8.15. The van der Waals surface area contributed by atoms with E-state index in [4.69, 9.17) is 5.11 Å². The number of carboxylic acid groups (broad SMARTS) is 1. The Balaban J connectivity index is 1.48. The Morgan fingerprint density at radius 2 is 1.59 bits per heavy atom. The van der Waals surface area contributed by atoms with Crippen LogP contribution in [0.1, 0.15) is 38.5 Å². The first kappa shape index (κ1) is 11.1. The Morgan fingerprint density at radius 3 is 2.00 bits per heavy atom. The maximum Gasteiger partial charge on any atom is 0.306 e. The highest BCUT2D eigenvalue weighted by Gasteiger charge is 2.46. The minimum atomic E-state index is -0.726. The molecule has 0 spiro atoms. The highest BCUT2D eigenvalue weighted by molar-refractivity contribution is 5.81. The number of rotatable bonds is 5. The van der Waals surface area contributed by atoms with Gasteiger partial charge < -0.3 is 10.4 Å². The quantitative estimate of drug-likeness (QED) is 0.759. The largest absolute Gasteiger partial charge is 0.481 e. The lowest BCUT2D eigenvalue weighted by Crippen LogP contribution is -2.49. The molecule has 3 fully saturated rings. The molecule has 4 heteroatoms. The van der Waals surface area contributed by atoms with E-state index in [2.05, 4.69) is 5.32 Å². The van der Waals surface area contributed by atoms with Crippen LogP contribution in [0.5, 0.6) is 0 Å². The molecule has 0 atom stereocenters. The zero-order valence-electron chi connectivity index (χ0n) is 9.89. The third-order valence-electron chi connectivity index (χ3n) is 4.40. The van der Waals surface area contributed by atoms with Gasteiger partial charge in [-0.25, -0.2) is 0 Å². The second-order valence-electron chi connectivity index (χ2n) is 5.91. The van der Waals surface area contributed by atoms with E-state index in [-0.39, 0.29) is 23.8 Å². The van der Waals surface area contributed by atoms with Crippen LogP contribution in [0, 0.1) is 23.7 Å². The molecule has 2 N–H and O–H groups in total. The van der Waals surface area contributed by atoms with Crippen molar-refractivity contribution in [3.05, 3.63) is 0 Å². The van der Waals surface area contributed by atoms with Gasteiger partial charge in [0.1, 0.15) is 0 Å². The normalized spacial score (nSPS) is 32.1. The molecule has 0 unspecified atom stereocenters. The summed E-state index contributed by atoms with van der Waals surface area (Å²) in [5.74, 6) is 0.718. The van der Waals surface area contributed by atoms with Gasteiger partial charge in [0.05, 0.1) is 5.92 Å². The van der Waals surface area contributed by atoms with Crippen molar-refractivity contribution in [3.8, 4) is 0 Å². The molecule has 3 aliphatic rings. The molecule has 0 radical (unpaired) electrons. The highest BCUT2D eigenvalue weighted by atomic mass is 16.4. The van der Waals surface area contributed by atoms with Gasteiger partial charge in [-0.15, -0.1) is 0 Å². The van der Waals surface area contributed by atoms with E-state index in [0.717, 1.165) is 0 Å². The molecule has 0 aromatic carbocycles. The molecular formula is C13H19NO3. The molecular weight excluding hydrogens is 218 g/mol. The van der Waals surface area contributed by atoms with Crippen LogP contribution in [0.15, 0.2) is 0 Å². The van der Waals surface area contributed by atoms with Crippen LogP contribution >= 0.6 is 0 Å². The summed E-state index contributed by atoms with van der Waals surface area (Å²) in [5.41, 5.74) is 0. The summed E-state index contributed by atoms with van der Waals surface area (Å²) in [7, 11) is 0. The summed E-state index contributed by atoms with van der Waals surface area (Å²) in [5, 5.41) is 11.8. The molecule has 3 rings (SSSR count). The Labute approximate surface area is 101 Å². The second-order valence-corrected chi connectivity index (χ2v) is 5.91. The molecule has 94 valence electrons. The number of carbonyl (C=O) groups is 2. The van der Waals surface area contributed by atoms with E-state index >= 15 is 0 Å².